The van der Waals surface area contributed by atoms with Gasteiger partial charge in [0.05, 0.1) is 18.8 Å². The molecule has 1 aromatic heterocycles. The summed E-state index contributed by atoms with van der Waals surface area (Å²) >= 11 is 0. The fourth-order valence-electron chi connectivity index (χ4n) is 4.22. The Hall–Kier alpha value is -2.84. The number of fused-ring (bicyclic) bond motifs is 1. The van der Waals surface area contributed by atoms with Crippen molar-refractivity contribution in [2.45, 2.75) is 31.4 Å². The van der Waals surface area contributed by atoms with Gasteiger partial charge in [-0.1, -0.05) is 24.3 Å². The first-order chi connectivity index (χ1) is 15.4. The Kier molecular flexibility index (Phi) is 5.43. The molecule has 5 rings (SSSR count). The van der Waals surface area contributed by atoms with E-state index in [2.05, 4.69) is 4.90 Å². The average molecular weight is 444 g/mol. The summed E-state index contributed by atoms with van der Waals surface area (Å²) in [6, 6.07) is 14.7. The fraction of sp³-hybridized carbons (Fsp3) is 0.375. The number of anilines is 1. The van der Waals surface area contributed by atoms with Crippen LogP contribution in [0.4, 0.5) is 19.0 Å². The predicted molar refractivity (Wildman–Crippen MR) is 114 cm³/mol. The molecule has 0 atom stereocenters. The highest BCUT2D eigenvalue weighted by molar-refractivity contribution is 5.86. The van der Waals surface area contributed by atoms with Gasteiger partial charge in [-0.2, -0.15) is 13.2 Å². The Bertz CT molecular complexity index is 1090. The van der Waals surface area contributed by atoms with Gasteiger partial charge in [0, 0.05) is 31.3 Å². The van der Waals surface area contributed by atoms with Crippen molar-refractivity contribution in [1.29, 1.82) is 0 Å². The molecule has 2 aliphatic rings. The van der Waals surface area contributed by atoms with Gasteiger partial charge in [-0.15, -0.1) is 0 Å². The summed E-state index contributed by atoms with van der Waals surface area (Å²) in [5, 5.41) is 0.939. The molecule has 1 spiro atoms. The van der Waals surface area contributed by atoms with E-state index in [1.165, 1.54) is 12.1 Å². The first-order valence-electron chi connectivity index (χ1n) is 10.6. The van der Waals surface area contributed by atoms with Gasteiger partial charge in [-0.05, 0) is 35.9 Å². The monoisotopic (exact) mass is 444 g/mol. The lowest BCUT2D eigenvalue weighted by molar-refractivity contribution is -0.169. The zero-order valence-corrected chi connectivity index (χ0v) is 17.4. The maximum atomic E-state index is 12.8. The lowest BCUT2D eigenvalue weighted by atomic mass is 10.0. The molecule has 0 unspecified atom stereocenters. The van der Waals surface area contributed by atoms with E-state index in [-0.39, 0.29) is 6.61 Å². The van der Waals surface area contributed by atoms with Crippen LogP contribution in [0.5, 0.6) is 5.75 Å². The van der Waals surface area contributed by atoms with Crippen LogP contribution in [0.15, 0.2) is 54.6 Å². The molecule has 2 aliphatic heterocycles. The number of alkyl halides is 3. The molecule has 2 fully saturated rings. The van der Waals surface area contributed by atoms with E-state index >= 15 is 0 Å². The topological polar surface area (TPSA) is 43.8 Å². The van der Waals surface area contributed by atoms with E-state index in [1.54, 1.807) is 0 Å². The summed E-state index contributed by atoms with van der Waals surface area (Å²) in [5.74, 6) is 1.01. The molecule has 2 aromatic carbocycles. The highest BCUT2D eigenvalue weighted by Gasteiger charge is 2.40. The van der Waals surface area contributed by atoms with Gasteiger partial charge < -0.3 is 19.1 Å². The molecular weight excluding hydrogens is 421 g/mol. The predicted octanol–water partition coefficient (Wildman–Crippen LogP) is 5.18. The number of pyridine rings is 1. The van der Waals surface area contributed by atoms with Crippen molar-refractivity contribution < 1.29 is 27.4 Å². The van der Waals surface area contributed by atoms with Crippen LogP contribution in [0, 0.1) is 0 Å². The number of piperidine rings is 1. The van der Waals surface area contributed by atoms with Gasteiger partial charge in [-0.25, -0.2) is 4.98 Å². The number of hydrogen-bond donors (Lipinski definition) is 0. The largest absolute Gasteiger partial charge is 0.487 e. The second-order valence-corrected chi connectivity index (χ2v) is 8.08. The van der Waals surface area contributed by atoms with Crippen LogP contribution in [-0.4, -0.2) is 37.1 Å². The van der Waals surface area contributed by atoms with Gasteiger partial charge in [0.2, 0.25) is 0 Å². The van der Waals surface area contributed by atoms with Crippen LogP contribution in [0.3, 0.4) is 0 Å². The van der Waals surface area contributed by atoms with Crippen molar-refractivity contribution in [3.63, 3.8) is 0 Å². The second-order valence-electron chi connectivity index (χ2n) is 8.08. The van der Waals surface area contributed by atoms with Crippen LogP contribution in [-0.2, 0) is 22.3 Å². The van der Waals surface area contributed by atoms with Gasteiger partial charge in [-0.3, -0.25) is 0 Å². The molecule has 2 saturated heterocycles. The third-order valence-corrected chi connectivity index (χ3v) is 6.01. The fourth-order valence-corrected chi connectivity index (χ4v) is 4.22. The number of halogens is 3. The summed E-state index contributed by atoms with van der Waals surface area (Å²) in [6.45, 7) is 3.02. The molecular formula is C24H23F3N2O3. The first-order valence-corrected chi connectivity index (χ1v) is 10.6. The molecule has 0 radical (unpaired) electrons. The van der Waals surface area contributed by atoms with E-state index in [4.69, 9.17) is 19.2 Å². The van der Waals surface area contributed by atoms with E-state index in [0.29, 0.717) is 24.5 Å². The number of rotatable bonds is 4. The normalized spacial score (nSPS) is 18.4. The van der Waals surface area contributed by atoms with Crippen molar-refractivity contribution in [3.05, 3.63) is 65.7 Å². The van der Waals surface area contributed by atoms with E-state index < -0.39 is 17.5 Å². The summed E-state index contributed by atoms with van der Waals surface area (Å²) in [6.07, 6.45) is -2.77. The van der Waals surface area contributed by atoms with Crippen LogP contribution >= 0.6 is 0 Å². The number of hydrogen-bond acceptors (Lipinski definition) is 5. The molecule has 0 saturated carbocycles. The van der Waals surface area contributed by atoms with E-state index in [1.807, 2.05) is 30.3 Å². The number of aromatic nitrogens is 1. The molecule has 3 heterocycles. The second kappa shape index (κ2) is 8.26. The number of ether oxygens (including phenoxy) is 3. The molecule has 168 valence electrons. The van der Waals surface area contributed by atoms with Crippen molar-refractivity contribution in [3.8, 4) is 5.75 Å². The average Bonchev–Trinajstić information content (AvgIpc) is 3.25. The minimum absolute atomic E-state index is 0.157. The Labute approximate surface area is 183 Å². The Morgan fingerprint density at radius 2 is 1.66 bits per heavy atom. The first kappa shape index (κ1) is 21.0. The van der Waals surface area contributed by atoms with Gasteiger partial charge in [0.1, 0.15) is 23.7 Å². The molecule has 0 bridgehead atoms. The van der Waals surface area contributed by atoms with Gasteiger partial charge >= 0.3 is 6.18 Å². The third-order valence-electron chi connectivity index (χ3n) is 6.01. The minimum Gasteiger partial charge on any atom is -0.487 e. The summed E-state index contributed by atoms with van der Waals surface area (Å²) in [5.41, 5.74) is 0.712. The summed E-state index contributed by atoms with van der Waals surface area (Å²) in [7, 11) is 0. The molecule has 5 nitrogen and oxygen atoms in total. The van der Waals surface area contributed by atoms with Crippen molar-refractivity contribution in [2.75, 3.05) is 31.2 Å². The molecule has 8 heteroatoms. The van der Waals surface area contributed by atoms with Crippen LogP contribution in [0.2, 0.25) is 0 Å². The van der Waals surface area contributed by atoms with Crippen LogP contribution in [0.1, 0.15) is 24.0 Å². The summed E-state index contributed by atoms with van der Waals surface area (Å²) < 4.78 is 55.8. The van der Waals surface area contributed by atoms with Crippen molar-refractivity contribution in [1.82, 2.24) is 4.98 Å². The Balaban J connectivity index is 1.32. The van der Waals surface area contributed by atoms with E-state index in [0.717, 1.165) is 54.8 Å². The molecule has 3 aromatic rings. The molecule has 0 N–H and O–H groups in total. The maximum absolute atomic E-state index is 12.8. The summed E-state index contributed by atoms with van der Waals surface area (Å²) in [4.78, 5) is 7.05. The molecule has 32 heavy (non-hydrogen) atoms. The molecule has 0 amide bonds. The minimum atomic E-state index is -4.35. The standard InChI is InChI=1S/C24H23F3N2O3/c25-24(26,27)19-7-4-17(5-8-19)16-30-20-3-1-2-18-6-9-21(28-22(18)20)29-12-10-23(11-13-29)31-14-15-32-23/h1-9H,10-16H2. The van der Waals surface area contributed by atoms with Gasteiger partial charge in [0.15, 0.2) is 5.79 Å². The number of nitrogens with zero attached hydrogens (tertiary/aromatic N) is 2. The van der Waals surface area contributed by atoms with Crippen LogP contribution < -0.4 is 9.64 Å². The smallest absolute Gasteiger partial charge is 0.416 e. The highest BCUT2D eigenvalue weighted by Crippen LogP contribution is 2.34. The third kappa shape index (κ3) is 4.25. The zero-order chi connectivity index (χ0) is 22.2. The van der Waals surface area contributed by atoms with Gasteiger partial charge in [0.25, 0.3) is 0 Å². The lowest BCUT2D eigenvalue weighted by Gasteiger charge is -2.38. The highest BCUT2D eigenvalue weighted by atomic mass is 19.4. The van der Waals surface area contributed by atoms with Crippen LogP contribution in [0.25, 0.3) is 10.9 Å². The zero-order valence-electron chi connectivity index (χ0n) is 17.4. The van der Waals surface area contributed by atoms with E-state index in [9.17, 15) is 13.2 Å². The van der Waals surface area contributed by atoms with Crippen molar-refractivity contribution in [2.24, 2.45) is 0 Å². The Morgan fingerprint density at radius 1 is 0.938 bits per heavy atom. The lowest BCUT2D eigenvalue weighted by Crippen LogP contribution is -2.45. The maximum Gasteiger partial charge on any atom is 0.416 e. The van der Waals surface area contributed by atoms with Crippen molar-refractivity contribution >= 4 is 16.7 Å². The molecule has 0 aliphatic carbocycles. The number of para-hydroxylation sites is 1. The Morgan fingerprint density at radius 3 is 2.34 bits per heavy atom. The SMILES string of the molecule is FC(F)(F)c1ccc(COc2cccc3ccc(N4CCC5(CC4)OCCO5)nc23)cc1. The number of benzene rings is 2. The quantitative estimate of drug-likeness (QED) is 0.555.